The van der Waals surface area contributed by atoms with E-state index in [9.17, 15) is 10.1 Å². The van der Waals surface area contributed by atoms with E-state index in [0.29, 0.717) is 39.8 Å². The lowest BCUT2D eigenvalue weighted by atomic mass is 9.75. The van der Waals surface area contributed by atoms with E-state index in [2.05, 4.69) is 22.0 Å². The second-order valence-corrected chi connectivity index (χ2v) is 8.66. The van der Waals surface area contributed by atoms with Gasteiger partial charge in [0, 0.05) is 43.5 Å². The van der Waals surface area contributed by atoms with Crippen LogP contribution in [0.15, 0.2) is 69.6 Å². The third kappa shape index (κ3) is 3.36. The summed E-state index contributed by atoms with van der Waals surface area (Å²) in [4.78, 5) is 14.9. The average molecular weight is 489 g/mol. The average Bonchev–Trinajstić information content (AvgIpc) is 2.68. The first-order chi connectivity index (χ1) is 13.9. The Bertz CT molecular complexity index is 1110. The highest BCUT2D eigenvalue weighted by molar-refractivity contribution is 9.10. The minimum absolute atomic E-state index is 0.00696. The number of carbonyl (C=O) groups excluding carboxylic acids is 1. The van der Waals surface area contributed by atoms with E-state index in [0.717, 1.165) is 22.3 Å². The van der Waals surface area contributed by atoms with Gasteiger partial charge in [-0.15, -0.1) is 0 Å². The second kappa shape index (κ2) is 7.87. The van der Waals surface area contributed by atoms with E-state index in [1.165, 1.54) is 0 Å². The molecule has 0 radical (unpaired) electrons. The van der Waals surface area contributed by atoms with Crippen molar-refractivity contribution in [3.05, 3.63) is 85.2 Å². The van der Waals surface area contributed by atoms with Crippen molar-refractivity contribution < 1.29 is 4.79 Å². The van der Waals surface area contributed by atoms with Crippen LogP contribution >= 0.6 is 39.1 Å². The quantitative estimate of drug-likeness (QED) is 0.557. The molecule has 0 saturated heterocycles. The second-order valence-electron chi connectivity index (χ2n) is 6.93. The van der Waals surface area contributed by atoms with Gasteiger partial charge in [0.05, 0.1) is 17.6 Å². The molecule has 1 heterocycles. The molecule has 1 aliphatic heterocycles. The summed E-state index contributed by atoms with van der Waals surface area (Å²) in [6, 6.07) is 15.0. The van der Waals surface area contributed by atoms with Gasteiger partial charge in [-0.3, -0.25) is 9.69 Å². The summed E-state index contributed by atoms with van der Waals surface area (Å²) in [6.07, 6.45) is 1.81. The number of nitrogens with zero attached hydrogens (tertiary/aromatic N) is 2. The van der Waals surface area contributed by atoms with Crippen LogP contribution in [0.5, 0.6) is 0 Å². The summed E-state index contributed by atoms with van der Waals surface area (Å²) in [7, 11) is 0. The van der Waals surface area contributed by atoms with Gasteiger partial charge in [-0.25, -0.2) is 0 Å². The molecule has 29 heavy (non-hydrogen) atoms. The fraction of sp³-hybridized carbons (Fsp3) is 0.182. The van der Waals surface area contributed by atoms with Crippen LogP contribution in [-0.2, 0) is 4.79 Å². The van der Waals surface area contributed by atoms with Crippen molar-refractivity contribution in [1.82, 2.24) is 0 Å². The number of allylic oxidation sites excluding steroid dienone is 3. The van der Waals surface area contributed by atoms with Gasteiger partial charge >= 0.3 is 0 Å². The Morgan fingerprint density at radius 1 is 1.14 bits per heavy atom. The van der Waals surface area contributed by atoms with Crippen LogP contribution in [0.2, 0.25) is 10.0 Å². The number of ketones is 1. The smallest absolute Gasteiger partial charge is 0.161 e. The molecule has 146 valence electrons. The Labute approximate surface area is 187 Å². The maximum Gasteiger partial charge on any atom is 0.161 e. The van der Waals surface area contributed by atoms with Crippen molar-refractivity contribution in [2.45, 2.75) is 25.2 Å². The Hall–Kier alpha value is -2.26. The third-order valence-corrected chi connectivity index (χ3v) is 6.42. The van der Waals surface area contributed by atoms with Gasteiger partial charge in [-0.05, 0) is 43.2 Å². The monoisotopic (exact) mass is 487 g/mol. The van der Waals surface area contributed by atoms with E-state index in [-0.39, 0.29) is 11.4 Å². The molecular weight excluding hydrogens is 473 g/mol. The number of carbonyl (C=O) groups is 1. The van der Waals surface area contributed by atoms with Crippen LogP contribution < -0.4 is 10.6 Å². The maximum atomic E-state index is 13.1. The number of halogens is 3. The van der Waals surface area contributed by atoms with Gasteiger partial charge in [0.25, 0.3) is 0 Å². The van der Waals surface area contributed by atoms with Gasteiger partial charge in [0.15, 0.2) is 5.78 Å². The Morgan fingerprint density at radius 2 is 1.83 bits per heavy atom. The standard InChI is InChI=1S/C22H16BrCl2N3O/c23-12-4-1-5-13(10-12)28-17-8-3-9-18(29)21(17)19(14(11-26)22(28)27)20-15(24)6-2-7-16(20)25/h1-2,4-7,10,19H,3,8-9,27H2. The number of hydrogen-bond donors (Lipinski definition) is 1. The molecule has 0 bridgehead atoms. The largest absolute Gasteiger partial charge is 0.384 e. The zero-order chi connectivity index (χ0) is 20.7. The van der Waals surface area contributed by atoms with Crippen molar-refractivity contribution >= 4 is 50.6 Å². The molecule has 1 aliphatic carbocycles. The molecule has 1 unspecified atom stereocenters. The highest BCUT2D eigenvalue weighted by Gasteiger charge is 2.41. The molecule has 2 aromatic rings. The molecule has 2 aromatic carbocycles. The van der Waals surface area contributed by atoms with Gasteiger partial charge in [-0.1, -0.05) is 51.3 Å². The fourth-order valence-corrected chi connectivity index (χ4v) is 5.07. The first-order valence-corrected chi connectivity index (χ1v) is 10.6. The Balaban J connectivity index is 2.03. The maximum absolute atomic E-state index is 13.1. The molecule has 2 N–H and O–H groups in total. The first-order valence-electron chi connectivity index (χ1n) is 9.09. The van der Waals surface area contributed by atoms with Crippen LogP contribution in [-0.4, -0.2) is 5.78 Å². The predicted octanol–water partition coefficient (Wildman–Crippen LogP) is 6.06. The summed E-state index contributed by atoms with van der Waals surface area (Å²) in [5.74, 6) is -0.389. The molecule has 0 aromatic heterocycles. The molecule has 0 fully saturated rings. The number of benzene rings is 2. The number of rotatable bonds is 2. The number of nitrogens with two attached hydrogens (primary N) is 1. The molecule has 0 spiro atoms. The number of nitriles is 1. The van der Waals surface area contributed by atoms with E-state index in [4.69, 9.17) is 28.9 Å². The van der Waals surface area contributed by atoms with Gasteiger partial charge in [0.1, 0.15) is 5.82 Å². The minimum atomic E-state index is -0.674. The van der Waals surface area contributed by atoms with Crippen LogP contribution in [0.25, 0.3) is 0 Å². The Morgan fingerprint density at radius 3 is 2.48 bits per heavy atom. The molecule has 7 heteroatoms. The first kappa shape index (κ1) is 20.0. The molecule has 0 saturated carbocycles. The number of Topliss-reactive ketones (excluding diaryl/α,β-unsaturated/α-hetero) is 1. The highest BCUT2D eigenvalue weighted by Crippen LogP contribution is 2.49. The topological polar surface area (TPSA) is 70.1 Å². The summed E-state index contributed by atoms with van der Waals surface area (Å²) in [5, 5.41) is 10.8. The molecule has 4 nitrogen and oxygen atoms in total. The van der Waals surface area contributed by atoms with E-state index in [1.807, 2.05) is 29.2 Å². The van der Waals surface area contributed by atoms with Crippen molar-refractivity contribution in [2.75, 3.05) is 4.90 Å². The third-order valence-electron chi connectivity index (χ3n) is 5.27. The lowest BCUT2D eigenvalue weighted by Crippen LogP contribution is -2.38. The van der Waals surface area contributed by atoms with E-state index < -0.39 is 5.92 Å². The zero-order valence-electron chi connectivity index (χ0n) is 15.3. The zero-order valence-corrected chi connectivity index (χ0v) is 18.4. The van der Waals surface area contributed by atoms with Crippen LogP contribution in [0, 0.1) is 11.3 Å². The van der Waals surface area contributed by atoms with Gasteiger partial charge < -0.3 is 5.73 Å². The fourth-order valence-electron chi connectivity index (χ4n) is 4.07. The molecule has 1 atom stereocenters. The van der Waals surface area contributed by atoms with Gasteiger partial charge in [0.2, 0.25) is 0 Å². The lowest BCUT2D eigenvalue weighted by molar-refractivity contribution is -0.116. The summed E-state index contributed by atoms with van der Waals surface area (Å²) >= 11 is 16.4. The summed E-state index contributed by atoms with van der Waals surface area (Å²) in [5.41, 5.74) is 9.50. The van der Waals surface area contributed by atoms with Crippen LogP contribution in [0.4, 0.5) is 5.69 Å². The molecule has 0 amide bonds. The minimum Gasteiger partial charge on any atom is -0.384 e. The normalized spacial score (nSPS) is 19.3. The lowest BCUT2D eigenvalue weighted by Gasteiger charge is -2.40. The van der Waals surface area contributed by atoms with Crippen molar-refractivity contribution in [3.8, 4) is 6.07 Å². The van der Waals surface area contributed by atoms with Crippen molar-refractivity contribution in [2.24, 2.45) is 5.73 Å². The summed E-state index contributed by atoms with van der Waals surface area (Å²) < 4.78 is 0.877. The van der Waals surface area contributed by atoms with E-state index in [1.54, 1.807) is 18.2 Å². The summed E-state index contributed by atoms with van der Waals surface area (Å²) in [6.45, 7) is 0. The number of anilines is 1. The molecule has 4 rings (SSSR count). The van der Waals surface area contributed by atoms with Crippen LogP contribution in [0.3, 0.4) is 0 Å². The van der Waals surface area contributed by atoms with E-state index >= 15 is 0 Å². The SMILES string of the molecule is N#CC1=C(N)N(c2cccc(Br)c2)C2=C(C(=O)CCC2)C1c1c(Cl)cccc1Cl. The predicted molar refractivity (Wildman–Crippen MR) is 119 cm³/mol. The highest BCUT2D eigenvalue weighted by atomic mass is 79.9. The van der Waals surface area contributed by atoms with Crippen LogP contribution in [0.1, 0.15) is 30.7 Å². The van der Waals surface area contributed by atoms with Crippen molar-refractivity contribution in [3.63, 3.8) is 0 Å². The molecule has 2 aliphatic rings. The number of hydrogen-bond acceptors (Lipinski definition) is 4. The molecular formula is C22H16BrCl2N3O. The Kier molecular flexibility index (Phi) is 5.44. The van der Waals surface area contributed by atoms with Gasteiger partial charge in [-0.2, -0.15) is 5.26 Å². The van der Waals surface area contributed by atoms with Crippen molar-refractivity contribution in [1.29, 1.82) is 5.26 Å².